The molecule has 0 atom stereocenters. The minimum Gasteiger partial charge on any atom is -0.495 e. The Morgan fingerprint density at radius 3 is 2.50 bits per heavy atom. The van der Waals surface area contributed by atoms with Gasteiger partial charge in [0.05, 0.1) is 25.0 Å². The number of fused-ring (bicyclic) bond motifs is 3. The fraction of sp³-hybridized carbons (Fsp3) is 0.130. The van der Waals surface area contributed by atoms with Gasteiger partial charge < -0.3 is 24.3 Å². The minimum absolute atomic E-state index is 0.116. The number of ether oxygens (including phenoxy) is 2. The van der Waals surface area contributed by atoms with Crippen molar-refractivity contribution >= 4 is 39.5 Å². The number of para-hydroxylation sites is 1. The van der Waals surface area contributed by atoms with Crippen LogP contribution in [0.3, 0.4) is 0 Å². The Morgan fingerprint density at radius 1 is 1.00 bits per heavy atom. The van der Waals surface area contributed by atoms with Gasteiger partial charge in [-0.15, -0.1) is 0 Å². The van der Waals surface area contributed by atoms with Crippen LogP contribution in [0, 0.1) is 0 Å². The van der Waals surface area contributed by atoms with Gasteiger partial charge in [0.1, 0.15) is 16.9 Å². The zero-order valence-electron chi connectivity index (χ0n) is 16.2. The van der Waals surface area contributed by atoms with Crippen LogP contribution in [0.4, 0.5) is 5.69 Å². The number of hydrogen-bond acceptors (Lipinski definition) is 6. The van der Waals surface area contributed by atoms with Crippen molar-refractivity contribution in [3.63, 3.8) is 0 Å². The first-order valence-electron chi connectivity index (χ1n) is 9.25. The predicted octanol–water partition coefficient (Wildman–Crippen LogP) is 3.88. The monoisotopic (exact) mass is 405 g/mol. The highest BCUT2D eigenvalue weighted by Gasteiger charge is 2.15. The Hall–Kier alpha value is -3.84. The van der Waals surface area contributed by atoms with Gasteiger partial charge in [0.15, 0.2) is 6.61 Å². The summed E-state index contributed by atoms with van der Waals surface area (Å²) < 4.78 is 16.3. The van der Waals surface area contributed by atoms with Crippen molar-refractivity contribution < 1.29 is 28.6 Å². The normalized spacial score (nSPS) is 10.9. The standard InChI is InChI=1S/C23H19NO6/c1-28-21-10-17-16-4-2-3-5-19(16)30-20(17)11-18(21)24-22(26)13-29-23(27)15-8-6-14(12-25)7-9-15/h2-11,25H,12-13H2,1H3,(H,24,26). The molecule has 4 aromatic rings. The van der Waals surface area contributed by atoms with Gasteiger partial charge in [0.2, 0.25) is 0 Å². The molecule has 0 aliphatic rings. The molecule has 1 amide bonds. The molecule has 7 nitrogen and oxygen atoms in total. The van der Waals surface area contributed by atoms with Gasteiger partial charge in [-0.2, -0.15) is 0 Å². The van der Waals surface area contributed by atoms with Crippen LogP contribution in [0.1, 0.15) is 15.9 Å². The molecule has 0 bridgehead atoms. The topological polar surface area (TPSA) is 98.0 Å². The third kappa shape index (κ3) is 3.83. The predicted molar refractivity (Wildman–Crippen MR) is 112 cm³/mol. The van der Waals surface area contributed by atoms with Gasteiger partial charge in [-0.25, -0.2) is 4.79 Å². The van der Waals surface area contributed by atoms with Crippen molar-refractivity contribution in [1.82, 2.24) is 0 Å². The molecule has 0 saturated heterocycles. The van der Waals surface area contributed by atoms with Crippen LogP contribution >= 0.6 is 0 Å². The van der Waals surface area contributed by atoms with E-state index in [0.717, 1.165) is 16.4 Å². The molecule has 0 spiro atoms. The van der Waals surface area contributed by atoms with Gasteiger partial charge in [0, 0.05) is 16.8 Å². The molecular weight excluding hydrogens is 386 g/mol. The highest BCUT2D eigenvalue weighted by molar-refractivity contribution is 6.08. The zero-order valence-corrected chi connectivity index (χ0v) is 16.2. The Kier molecular flexibility index (Phi) is 5.36. The van der Waals surface area contributed by atoms with Crippen molar-refractivity contribution in [1.29, 1.82) is 0 Å². The third-order valence-electron chi connectivity index (χ3n) is 4.68. The number of aliphatic hydroxyl groups is 1. The number of hydrogen-bond donors (Lipinski definition) is 2. The molecular formula is C23H19NO6. The zero-order chi connectivity index (χ0) is 21.1. The van der Waals surface area contributed by atoms with Crippen LogP contribution in [0.25, 0.3) is 21.9 Å². The van der Waals surface area contributed by atoms with Crippen molar-refractivity contribution in [2.24, 2.45) is 0 Å². The first kappa shape index (κ1) is 19.5. The Bertz CT molecular complexity index is 1230. The first-order chi connectivity index (χ1) is 14.6. The summed E-state index contributed by atoms with van der Waals surface area (Å²) in [6.45, 7) is -0.572. The lowest BCUT2D eigenvalue weighted by Crippen LogP contribution is -2.21. The largest absolute Gasteiger partial charge is 0.495 e. The van der Waals surface area contributed by atoms with Crippen molar-refractivity contribution in [2.45, 2.75) is 6.61 Å². The van der Waals surface area contributed by atoms with Crippen LogP contribution in [0.2, 0.25) is 0 Å². The number of amides is 1. The average molecular weight is 405 g/mol. The molecule has 152 valence electrons. The fourth-order valence-corrected chi connectivity index (χ4v) is 3.17. The number of esters is 1. The molecule has 4 rings (SSSR count). The lowest BCUT2D eigenvalue weighted by Gasteiger charge is -2.11. The number of nitrogens with one attached hydrogen (secondary N) is 1. The fourth-order valence-electron chi connectivity index (χ4n) is 3.17. The maximum Gasteiger partial charge on any atom is 0.338 e. The van der Waals surface area contributed by atoms with E-state index in [2.05, 4.69) is 5.32 Å². The summed E-state index contributed by atoms with van der Waals surface area (Å²) in [5.74, 6) is -0.674. The molecule has 30 heavy (non-hydrogen) atoms. The van der Waals surface area contributed by atoms with E-state index < -0.39 is 18.5 Å². The number of anilines is 1. The van der Waals surface area contributed by atoms with Crippen LogP contribution in [-0.2, 0) is 16.1 Å². The van der Waals surface area contributed by atoms with Crippen LogP contribution in [-0.4, -0.2) is 30.7 Å². The van der Waals surface area contributed by atoms with E-state index in [1.807, 2.05) is 24.3 Å². The molecule has 0 fully saturated rings. The van der Waals surface area contributed by atoms with Crippen molar-refractivity contribution in [2.75, 3.05) is 19.0 Å². The van der Waals surface area contributed by atoms with E-state index >= 15 is 0 Å². The molecule has 0 radical (unpaired) electrons. The Labute approximate surface area is 171 Å². The Morgan fingerprint density at radius 2 is 1.77 bits per heavy atom. The van der Waals surface area contributed by atoms with Crippen LogP contribution in [0.15, 0.2) is 65.1 Å². The number of methoxy groups -OCH3 is 1. The molecule has 0 aliphatic carbocycles. The molecule has 0 aliphatic heterocycles. The number of benzene rings is 3. The van der Waals surface area contributed by atoms with Gasteiger partial charge in [-0.3, -0.25) is 4.79 Å². The minimum atomic E-state index is -0.630. The van der Waals surface area contributed by atoms with Crippen LogP contribution < -0.4 is 10.1 Å². The SMILES string of the molecule is COc1cc2c(cc1NC(=O)COC(=O)c1ccc(CO)cc1)oc1ccccc12. The van der Waals surface area contributed by atoms with E-state index in [-0.39, 0.29) is 6.61 Å². The summed E-state index contributed by atoms with van der Waals surface area (Å²) in [7, 11) is 1.51. The number of aliphatic hydroxyl groups excluding tert-OH is 1. The maximum atomic E-state index is 12.3. The highest BCUT2D eigenvalue weighted by atomic mass is 16.5. The van der Waals surface area contributed by atoms with Crippen molar-refractivity contribution in [3.05, 3.63) is 71.8 Å². The van der Waals surface area contributed by atoms with Crippen LogP contribution in [0.5, 0.6) is 5.75 Å². The van der Waals surface area contributed by atoms with E-state index in [1.165, 1.54) is 19.2 Å². The quantitative estimate of drug-likeness (QED) is 0.473. The molecule has 3 aromatic carbocycles. The number of rotatable bonds is 6. The van der Waals surface area contributed by atoms with E-state index in [4.69, 9.17) is 19.0 Å². The van der Waals surface area contributed by atoms with E-state index in [1.54, 1.807) is 24.3 Å². The summed E-state index contributed by atoms with van der Waals surface area (Å²) in [6, 6.07) is 17.4. The summed E-state index contributed by atoms with van der Waals surface area (Å²) in [6.07, 6.45) is 0. The lowest BCUT2D eigenvalue weighted by molar-refractivity contribution is -0.119. The summed E-state index contributed by atoms with van der Waals surface area (Å²) in [5, 5.41) is 13.6. The molecule has 1 aromatic heterocycles. The lowest BCUT2D eigenvalue weighted by atomic mass is 10.1. The molecule has 2 N–H and O–H groups in total. The smallest absolute Gasteiger partial charge is 0.338 e. The summed E-state index contributed by atoms with van der Waals surface area (Å²) in [4.78, 5) is 24.4. The molecule has 0 unspecified atom stereocenters. The third-order valence-corrected chi connectivity index (χ3v) is 4.68. The second-order valence-electron chi connectivity index (χ2n) is 6.63. The molecule has 0 saturated carbocycles. The number of carbonyl (C=O) groups is 2. The van der Waals surface area contributed by atoms with E-state index in [9.17, 15) is 9.59 Å². The summed E-state index contributed by atoms with van der Waals surface area (Å²) in [5.41, 5.74) is 2.73. The van der Waals surface area contributed by atoms with E-state index in [0.29, 0.717) is 28.1 Å². The molecule has 7 heteroatoms. The number of carbonyl (C=O) groups excluding carboxylic acids is 2. The van der Waals surface area contributed by atoms with Gasteiger partial charge in [-0.05, 0) is 29.8 Å². The van der Waals surface area contributed by atoms with Gasteiger partial charge >= 0.3 is 5.97 Å². The maximum absolute atomic E-state index is 12.3. The second-order valence-corrected chi connectivity index (χ2v) is 6.63. The van der Waals surface area contributed by atoms with Gasteiger partial charge in [0.25, 0.3) is 5.91 Å². The second kappa shape index (κ2) is 8.26. The van der Waals surface area contributed by atoms with Gasteiger partial charge in [-0.1, -0.05) is 30.3 Å². The Balaban J connectivity index is 1.48. The number of furan rings is 1. The first-order valence-corrected chi connectivity index (χ1v) is 9.25. The highest BCUT2D eigenvalue weighted by Crippen LogP contribution is 2.36. The van der Waals surface area contributed by atoms with Crippen molar-refractivity contribution in [3.8, 4) is 5.75 Å². The summed E-state index contributed by atoms with van der Waals surface area (Å²) >= 11 is 0. The molecule has 1 heterocycles. The average Bonchev–Trinajstić information content (AvgIpc) is 3.14.